The molecule has 0 spiro atoms. The fourth-order valence-electron chi connectivity index (χ4n) is 1.57. The van der Waals surface area contributed by atoms with E-state index in [9.17, 15) is 9.59 Å². The van der Waals surface area contributed by atoms with E-state index >= 15 is 0 Å². The maximum Gasteiger partial charge on any atom is 0.161 e. The summed E-state index contributed by atoms with van der Waals surface area (Å²) in [5, 5.41) is 2.05. The van der Waals surface area contributed by atoms with Gasteiger partial charge in [-0.15, -0.1) is 34.0 Å². The van der Waals surface area contributed by atoms with E-state index in [4.69, 9.17) is 0 Å². The summed E-state index contributed by atoms with van der Waals surface area (Å²) in [7, 11) is -2.35. The van der Waals surface area contributed by atoms with E-state index in [1.165, 1.54) is 33.5 Å². The Kier molecular flexibility index (Phi) is 9.53. The highest BCUT2D eigenvalue weighted by atomic mass is 32.1. The van der Waals surface area contributed by atoms with Gasteiger partial charge in [-0.2, -0.15) is 0 Å². The fraction of sp³-hybridized carbons (Fsp3) is 0.353. The van der Waals surface area contributed by atoms with Crippen molar-refractivity contribution >= 4 is 72.0 Å². The summed E-state index contributed by atoms with van der Waals surface area (Å²) in [5.41, 5.74) is 1.63. The van der Waals surface area contributed by atoms with Crippen LogP contribution in [0.2, 0.25) is 39.3 Å². The first-order valence-corrected chi connectivity index (χ1v) is 17.8. The predicted molar refractivity (Wildman–Crippen MR) is 123 cm³/mol. The zero-order valence-electron chi connectivity index (χ0n) is 16.4. The number of thiazole rings is 3. The van der Waals surface area contributed by atoms with Crippen molar-refractivity contribution in [1.82, 2.24) is 15.0 Å². The van der Waals surface area contributed by atoms with Gasteiger partial charge >= 0.3 is 0 Å². The molecule has 0 saturated carbocycles. The van der Waals surface area contributed by atoms with E-state index in [0.717, 1.165) is 22.1 Å². The first kappa shape index (κ1) is 23.7. The van der Waals surface area contributed by atoms with E-state index in [1.807, 2.05) is 11.6 Å². The standard InChI is InChI=1S/C7H11NOSSi.C6H11NSSi.C4H3NOS/c1-11(2,3)7-8-4-6(5-9)10-7;1-9(2,3)6-7-4-5-8-6;6-2-4-1-5-3-7-4/h4-5H,1-3H3;4-5H,1-3H3;1-3H. The lowest BCUT2D eigenvalue weighted by atomic mass is 10.6. The van der Waals surface area contributed by atoms with Crippen LogP contribution < -0.4 is 9.26 Å². The SMILES string of the molecule is C[Si](C)(C)c1ncc(C=O)s1.C[Si](C)(C)c1nccs1.O=Cc1cncs1. The van der Waals surface area contributed by atoms with Crippen LogP contribution in [0.4, 0.5) is 0 Å². The van der Waals surface area contributed by atoms with Gasteiger partial charge in [0.1, 0.15) is 16.1 Å². The highest BCUT2D eigenvalue weighted by Crippen LogP contribution is 2.08. The molecule has 3 heterocycles. The molecule has 5 nitrogen and oxygen atoms in total. The molecule has 0 bridgehead atoms. The van der Waals surface area contributed by atoms with Gasteiger partial charge in [0.25, 0.3) is 0 Å². The molecule has 0 amide bonds. The monoisotopic (exact) mass is 455 g/mol. The van der Waals surface area contributed by atoms with Crippen molar-refractivity contribution in [1.29, 1.82) is 0 Å². The van der Waals surface area contributed by atoms with Gasteiger partial charge in [0.2, 0.25) is 0 Å². The molecule has 0 saturated heterocycles. The summed E-state index contributed by atoms with van der Waals surface area (Å²) in [6.07, 6.45) is 6.74. The third-order valence-corrected chi connectivity index (χ3v) is 12.1. The summed E-state index contributed by atoms with van der Waals surface area (Å²) in [6.45, 7) is 13.6. The van der Waals surface area contributed by atoms with Crippen LogP contribution in [0, 0.1) is 0 Å². The number of rotatable bonds is 4. The normalized spacial score (nSPS) is 10.9. The predicted octanol–water partition coefficient (Wildman–Crippen LogP) is 4.14. The molecule has 27 heavy (non-hydrogen) atoms. The van der Waals surface area contributed by atoms with Crippen LogP contribution in [0.1, 0.15) is 19.3 Å². The molecule has 0 fully saturated rings. The summed E-state index contributed by atoms with van der Waals surface area (Å²) in [4.78, 5) is 33.7. The molecule has 3 aromatic rings. The number of aromatic nitrogens is 3. The van der Waals surface area contributed by atoms with E-state index in [2.05, 4.69) is 54.2 Å². The van der Waals surface area contributed by atoms with Crippen molar-refractivity contribution < 1.29 is 9.59 Å². The average Bonchev–Trinajstić information content (AvgIpc) is 3.36. The van der Waals surface area contributed by atoms with Crippen LogP contribution in [-0.4, -0.2) is 43.7 Å². The van der Waals surface area contributed by atoms with E-state index in [0.29, 0.717) is 4.88 Å². The smallest absolute Gasteiger partial charge is 0.161 e. The molecule has 0 unspecified atom stereocenters. The number of hydrogen-bond acceptors (Lipinski definition) is 8. The topological polar surface area (TPSA) is 72.8 Å². The minimum atomic E-state index is -1.28. The first-order valence-electron chi connectivity index (χ1n) is 8.23. The zero-order chi connectivity index (χ0) is 20.5. The fourth-order valence-corrected chi connectivity index (χ4v) is 6.95. The minimum Gasteiger partial charge on any atom is -0.297 e. The van der Waals surface area contributed by atoms with Crippen LogP contribution in [0.5, 0.6) is 0 Å². The highest BCUT2D eigenvalue weighted by molar-refractivity contribution is 7.26. The molecule has 0 aliphatic carbocycles. The second-order valence-corrected chi connectivity index (χ2v) is 21.1. The molecule has 10 heteroatoms. The molecule has 0 aliphatic heterocycles. The summed E-state index contributed by atoms with van der Waals surface area (Å²) >= 11 is 4.65. The third-order valence-electron chi connectivity index (χ3n) is 2.92. The van der Waals surface area contributed by atoms with Gasteiger partial charge in [-0.1, -0.05) is 39.3 Å². The molecule has 146 valence electrons. The molecule has 3 rings (SSSR count). The number of aldehydes is 2. The van der Waals surface area contributed by atoms with E-state index < -0.39 is 16.1 Å². The Morgan fingerprint density at radius 2 is 1.44 bits per heavy atom. The number of carbonyl (C=O) groups excluding carboxylic acids is 2. The molecule has 0 atom stereocenters. The molecule has 0 aliphatic rings. The first-order chi connectivity index (χ1) is 12.6. The Bertz CT molecular complexity index is 805. The number of hydrogen-bond donors (Lipinski definition) is 0. The lowest BCUT2D eigenvalue weighted by molar-refractivity contribution is 0.111. The van der Waals surface area contributed by atoms with Crippen molar-refractivity contribution in [2.24, 2.45) is 0 Å². The molecular weight excluding hydrogens is 431 g/mol. The van der Waals surface area contributed by atoms with Crippen LogP contribution >= 0.6 is 34.0 Å². The quantitative estimate of drug-likeness (QED) is 0.436. The summed E-state index contributed by atoms with van der Waals surface area (Å²) in [5.74, 6) is 0. The Balaban J connectivity index is 0.000000208. The van der Waals surface area contributed by atoms with Crippen molar-refractivity contribution in [2.45, 2.75) is 39.3 Å². The maximum absolute atomic E-state index is 10.3. The van der Waals surface area contributed by atoms with Crippen LogP contribution in [0.25, 0.3) is 0 Å². The Morgan fingerprint density at radius 3 is 1.70 bits per heavy atom. The van der Waals surface area contributed by atoms with Gasteiger partial charge in [-0.05, 0) is 0 Å². The van der Waals surface area contributed by atoms with Crippen molar-refractivity contribution in [3.8, 4) is 0 Å². The van der Waals surface area contributed by atoms with Crippen molar-refractivity contribution in [2.75, 3.05) is 0 Å². The zero-order valence-corrected chi connectivity index (χ0v) is 20.9. The van der Waals surface area contributed by atoms with Crippen LogP contribution in [0.15, 0.2) is 29.5 Å². The Hall–Kier alpha value is -1.34. The van der Waals surface area contributed by atoms with Gasteiger partial charge in [0.15, 0.2) is 12.6 Å². The molecule has 3 aromatic heterocycles. The van der Waals surface area contributed by atoms with Gasteiger partial charge in [-0.3, -0.25) is 24.5 Å². The summed E-state index contributed by atoms with van der Waals surface area (Å²) in [6, 6.07) is 0. The second kappa shape index (κ2) is 10.9. The Morgan fingerprint density at radius 1 is 0.815 bits per heavy atom. The van der Waals surface area contributed by atoms with E-state index in [1.54, 1.807) is 23.0 Å². The highest BCUT2D eigenvalue weighted by Gasteiger charge is 2.20. The summed E-state index contributed by atoms with van der Waals surface area (Å²) < 4.78 is 2.50. The number of nitrogens with zero attached hydrogens (tertiary/aromatic N) is 3. The maximum atomic E-state index is 10.3. The van der Waals surface area contributed by atoms with Gasteiger partial charge in [-0.25, -0.2) is 0 Å². The van der Waals surface area contributed by atoms with Gasteiger partial charge in [0.05, 0.1) is 24.5 Å². The van der Waals surface area contributed by atoms with Crippen molar-refractivity contribution in [3.63, 3.8) is 0 Å². The number of carbonyl (C=O) groups is 2. The molecule has 0 radical (unpaired) electrons. The van der Waals surface area contributed by atoms with Crippen LogP contribution in [0.3, 0.4) is 0 Å². The van der Waals surface area contributed by atoms with Crippen molar-refractivity contribution in [3.05, 3.63) is 39.2 Å². The lowest BCUT2D eigenvalue weighted by Gasteiger charge is -2.09. The lowest BCUT2D eigenvalue weighted by Crippen LogP contribution is -2.36. The molecular formula is C17H25N3O2S3Si2. The van der Waals surface area contributed by atoms with Gasteiger partial charge in [0, 0.05) is 24.0 Å². The van der Waals surface area contributed by atoms with E-state index in [-0.39, 0.29) is 0 Å². The van der Waals surface area contributed by atoms with Crippen LogP contribution in [-0.2, 0) is 0 Å². The minimum absolute atomic E-state index is 0.681. The van der Waals surface area contributed by atoms with Gasteiger partial charge < -0.3 is 0 Å². The molecule has 0 aromatic carbocycles. The Labute approximate surface area is 174 Å². The average molecular weight is 456 g/mol. The largest absolute Gasteiger partial charge is 0.297 e. The third kappa shape index (κ3) is 8.93. The molecule has 0 N–H and O–H groups in total. The second-order valence-electron chi connectivity index (χ2n) is 7.54.